The number of rotatable bonds is 7. The monoisotopic (exact) mass is 464 g/mol. The van der Waals surface area contributed by atoms with E-state index in [0.717, 1.165) is 18.8 Å². The molecule has 34 heavy (non-hydrogen) atoms. The average molecular weight is 465 g/mol. The zero-order chi connectivity index (χ0) is 23.3. The molecule has 2 N–H and O–H groups in total. The van der Waals surface area contributed by atoms with Crippen molar-refractivity contribution >= 4 is 33.0 Å². The molecule has 5 rings (SSSR count). The van der Waals surface area contributed by atoms with Gasteiger partial charge in [0.15, 0.2) is 0 Å². The van der Waals surface area contributed by atoms with Crippen molar-refractivity contribution in [2.24, 2.45) is 0 Å². The third-order valence-electron chi connectivity index (χ3n) is 5.93. The molecule has 1 amide bonds. The van der Waals surface area contributed by atoms with Gasteiger partial charge in [-0.05, 0) is 69.4 Å². The Kier molecular flexibility index (Phi) is 6.38. The number of benzene rings is 4. The van der Waals surface area contributed by atoms with Crippen molar-refractivity contribution in [3.05, 3.63) is 125 Å². The minimum atomic E-state index is -0.515. The second kappa shape index (κ2) is 9.91. The van der Waals surface area contributed by atoms with E-state index in [0.29, 0.717) is 5.56 Å². The average Bonchev–Trinajstić information content (AvgIpc) is 3.31. The van der Waals surface area contributed by atoms with E-state index in [1.807, 2.05) is 36.4 Å². The first kappa shape index (κ1) is 21.9. The van der Waals surface area contributed by atoms with Gasteiger partial charge in [-0.25, -0.2) is 5.48 Å². The molecule has 0 saturated carbocycles. The summed E-state index contributed by atoms with van der Waals surface area (Å²) in [6.07, 6.45) is 0. The number of carbonyl (C=O) groups is 1. The third kappa shape index (κ3) is 4.71. The lowest BCUT2D eigenvalue weighted by Gasteiger charge is -2.25. The summed E-state index contributed by atoms with van der Waals surface area (Å²) >= 11 is 1.76. The van der Waals surface area contributed by atoms with Crippen molar-refractivity contribution in [2.45, 2.75) is 13.1 Å². The van der Waals surface area contributed by atoms with Gasteiger partial charge < -0.3 is 4.90 Å². The number of amides is 1. The molecule has 5 aromatic rings. The Balaban J connectivity index is 1.50. The number of fused-ring (bicyclic) bond motifs is 1. The highest BCUT2D eigenvalue weighted by Gasteiger charge is 2.14. The number of hydrogen-bond donors (Lipinski definition) is 2. The summed E-state index contributed by atoms with van der Waals surface area (Å²) in [4.78, 5) is 14.1. The molecule has 168 valence electrons. The lowest BCUT2D eigenvalue weighted by molar-refractivity contribution is 0.0706. The van der Waals surface area contributed by atoms with E-state index in [9.17, 15) is 4.79 Å². The molecule has 0 fully saturated rings. The Bertz CT molecular complexity index is 1400. The number of anilines is 1. The Morgan fingerprint density at radius 2 is 1.50 bits per heavy atom. The zero-order valence-electron chi connectivity index (χ0n) is 18.5. The summed E-state index contributed by atoms with van der Waals surface area (Å²) in [7, 11) is 0. The van der Waals surface area contributed by atoms with Crippen LogP contribution in [0.1, 0.15) is 21.5 Å². The maximum absolute atomic E-state index is 11.8. The van der Waals surface area contributed by atoms with Crippen LogP contribution in [-0.2, 0) is 13.1 Å². The molecular formula is C29H24N2O2S. The number of nitrogens with one attached hydrogen (secondary N) is 1. The van der Waals surface area contributed by atoms with Crippen LogP contribution in [0.25, 0.3) is 21.2 Å². The van der Waals surface area contributed by atoms with Crippen LogP contribution in [0.4, 0.5) is 5.69 Å². The standard InChI is InChI=1S/C29H24N2O2S/c32-29(30-33)23-11-14-26(15-12-23)31(18-21-7-3-1-4-8-21)19-25-20-34-28-16-13-24(17-27(25)28)22-9-5-2-6-10-22/h1-17,20,33H,18-19H2,(H,30,32). The van der Waals surface area contributed by atoms with E-state index >= 15 is 0 Å². The van der Waals surface area contributed by atoms with Crippen molar-refractivity contribution in [2.75, 3.05) is 4.90 Å². The molecule has 0 aliphatic heterocycles. The van der Waals surface area contributed by atoms with Crippen molar-refractivity contribution in [1.29, 1.82) is 0 Å². The summed E-state index contributed by atoms with van der Waals surface area (Å²) in [5.41, 5.74) is 8.02. The Morgan fingerprint density at radius 1 is 0.794 bits per heavy atom. The van der Waals surface area contributed by atoms with Gasteiger partial charge in [-0.3, -0.25) is 10.0 Å². The molecule has 4 aromatic carbocycles. The summed E-state index contributed by atoms with van der Waals surface area (Å²) in [6, 6.07) is 34.8. The number of nitrogens with zero attached hydrogens (tertiary/aromatic N) is 1. The first-order valence-corrected chi connectivity index (χ1v) is 12.0. The lowest BCUT2D eigenvalue weighted by atomic mass is 10.0. The predicted molar refractivity (Wildman–Crippen MR) is 139 cm³/mol. The molecule has 4 nitrogen and oxygen atoms in total. The molecular weight excluding hydrogens is 440 g/mol. The van der Waals surface area contributed by atoms with Crippen LogP contribution in [0.5, 0.6) is 0 Å². The van der Waals surface area contributed by atoms with E-state index in [1.54, 1.807) is 28.9 Å². The maximum atomic E-state index is 11.8. The molecule has 0 bridgehead atoms. The maximum Gasteiger partial charge on any atom is 0.274 e. The highest BCUT2D eigenvalue weighted by molar-refractivity contribution is 7.17. The van der Waals surface area contributed by atoms with Crippen LogP contribution in [-0.4, -0.2) is 11.1 Å². The van der Waals surface area contributed by atoms with E-state index < -0.39 is 5.91 Å². The van der Waals surface area contributed by atoms with Crippen molar-refractivity contribution in [3.63, 3.8) is 0 Å². The quantitative estimate of drug-likeness (QED) is 0.204. The molecule has 0 unspecified atom stereocenters. The summed E-state index contributed by atoms with van der Waals surface area (Å²) in [5, 5.41) is 12.4. The SMILES string of the molecule is O=C(NO)c1ccc(N(Cc2ccccc2)Cc2csc3ccc(-c4ccccc4)cc23)cc1. The second-order valence-corrected chi connectivity index (χ2v) is 9.08. The van der Waals surface area contributed by atoms with Crippen LogP contribution in [0.3, 0.4) is 0 Å². The topological polar surface area (TPSA) is 52.6 Å². The predicted octanol–water partition coefficient (Wildman–Crippen LogP) is 6.89. The van der Waals surface area contributed by atoms with E-state index in [1.165, 1.54) is 32.3 Å². The third-order valence-corrected chi connectivity index (χ3v) is 6.95. The highest BCUT2D eigenvalue weighted by atomic mass is 32.1. The molecule has 0 radical (unpaired) electrons. The Hall–Kier alpha value is -3.93. The van der Waals surface area contributed by atoms with Crippen LogP contribution < -0.4 is 10.4 Å². The number of thiophene rings is 1. The van der Waals surface area contributed by atoms with Crippen LogP contribution in [0.2, 0.25) is 0 Å². The van der Waals surface area contributed by atoms with Gasteiger partial charge in [0.1, 0.15) is 0 Å². The summed E-state index contributed by atoms with van der Waals surface area (Å²) in [5.74, 6) is -0.515. The van der Waals surface area contributed by atoms with E-state index in [4.69, 9.17) is 5.21 Å². The summed E-state index contributed by atoms with van der Waals surface area (Å²) in [6.45, 7) is 1.47. The van der Waals surface area contributed by atoms with Crippen LogP contribution in [0, 0.1) is 0 Å². The fourth-order valence-corrected chi connectivity index (χ4v) is 5.08. The van der Waals surface area contributed by atoms with Gasteiger partial charge in [-0.15, -0.1) is 11.3 Å². The number of hydroxylamine groups is 1. The summed E-state index contributed by atoms with van der Waals surface area (Å²) < 4.78 is 1.27. The van der Waals surface area contributed by atoms with E-state index in [2.05, 4.69) is 64.9 Å². The lowest BCUT2D eigenvalue weighted by Crippen LogP contribution is -2.22. The molecule has 1 heterocycles. The van der Waals surface area contributed by atoms with Crippen LogP contribution in [0.15, 0.2) is 109 Å². The minimum Gasteiger partial charge on any atom is -0.363 e. The molecule has 0 aliphatic rings. The van der Waals surface area contributed by atoms with Gasteiger partial charge in [0.05, 0.1) is 0 Å². The van der Waals surface area contributed by atoms with Gasteiger partial charge in [-0.2, -0.15) is 0 Å². The van der Waals surface area contributed by atoms with Gasteiger partial charge in [0.2, 0.25) is 0 Å². The highest BCUT2D eigenvalue weighted by Crippen LogP contribution is 2.33. The van der Waals surface area contributed by atoms with Crippen molar-refractivity contribution < 1.29 is 10.0 Å². The minimum absolute atomic E-state index is 0.416. The molecule has 0 saturated heterocycles. The van der Waals surface area contributed by atoms with Crippen molar-refractivity contribution in [1.82, 2.24) is 5.48 Å². The fraction of sp³-hybridized carbons (Fsp3) is 0.0690. The Morgan fingerprint density at radius 3 is 2.21 bits per heavy atom. The van der Waals surface area contributed by atoms with Gasteiger partial charge >= 0.3 is 0 Å². The molecule has 5 heteroatoms. The largest absolute Gasteiger partial charge is 0.363 e. The number of hydrogen-bond acceptors (Lipinski definition) is 4. The smallest absolute Gasteiger partial charge is 0.274 e. The molecule has 0 spiro atoms. The van der Waals surface area contributed by atoms with Crippen molar-refractivity contribution in [3.8, 4) is 11.1 Å². The first-order valence-electron chi connectivity index (χ1n) is 11.1. The zero-order valence-corrected chi connectivity index (χ0v) is 19.3. The normalized spacial score (nSPS) is 10.9. The van der Waals surface area contributed by atoms with Crippen LogP contribution >= 0.6 is 11.3 Å². The molecule has 1 aromatic heterocycles. The number of carbonyl (C=O) groups excluding carboxylic acids is 1. The Labute approximate surface area is 202 Å². The second-order valence-electron chi connectivity index (χ2n) is 8.17. The van der Waals surface area contributed by atoms with Gasteiger partial charge in [0.25, 0.3) is 5.91 Å². The molecule has 0 atom stereocenters. The van der Waals surface area contributed by atoms with Gasteiger partial charge in [-0.1, -0.05) is 66.7 Å². The fourth-order valence-electron chi connectivity index (χ4n) is 4.15. The molecule has 0 aliphatic carbocycles. The van der Waals surface area contributed by atoms with Gasteiger partial charge in [0, 0.05) is 29.0 Å². The first-order chi connectivity index (χ1) is 16.7. The van der Waals surface area contributed by atoms with E-state index in [-0.39, 0.29) is 0 Å².